The highest BCUT2D eigenvalue weighted by Crippen LogP contribution is 2.33. The van der Waals surface area contributed by atoms with Crippen molar-refractivity contribution in [3.8, 4) is 0 Å². The first-order chi connectivity index (χ1) is 13.6. The number of aryl methyl sites for hydroxylation is 1. The lowest BCUT2D eigenvalue weighted by molar-refractivity contribution is -0.138. The molecule has 0 saturated heterocycles. The second kappa shape index (κ2) is 7.88. The highest BCUT2D eigenvalue weighted by molar-refractivity contribution is 7.94. The molecule has 1 heterocycles. The topological polar surface area (TPSA) is 75.3 Å². The van der Waals surface area contributed by atoms with Crippen molar-refractivity contribution in [1.82, 2.24) is 0 Å². The zero-order valence-electron chi connectivity index (χ0n) is 14.9. The molecule has 0 saturated carbocycles. The standard InChI is InChI=1S/C19H15F3N2O3S2/c1-12-4-7-15(11-16(12)19(20,21)22)23-18(25)13-5-8-14(9-6-13)24-29(26,27)17-3-2-10-28-17/h2-11,24H,1H3,(H,23,25). The van der Waals surface area contributed by atoms with Crippen molar-refractivity contribution in [1.29, 1.82) is 0 Å². The van der Waals surface area contributed by atoms with E-state index in [0.717, 1.165) is 17.4 Å². The summed E-state index contributed by atoms with van der Waals surface area (Å²) >= 11 is 1.07. The van der Waals surface area contributed by atoms with E-state index >= 15 is 0 Å². The molecular formula is C19H15F3N2O3S2. The third-order valence-corrected chi connectivity index (χ3v) is 6.74. The fraction of sp³-hybridized carbons (Fsp3) is 0.105. The lowest BCUT2D eigenvalue weighted by Crippen LogP contribution is -2.14. The van der Waals surface area contributed by atoms with E-state index in [4.69, 9.17) is 0 Å². The van der Waals surface area contributed by atoms with Crippen LogP contribution in [-0.2, 0) is 16.2 Å². The molecule has 0 unspecified atom stereocenters. The number of hydrogen-bond donors (Lipinski definition) is 2. The Morgan fingerprint density at radius 1 is 1.00 bits per heavy atom. The van der Waals surface area contributed by atoms with E-state index in [-0.39, 0.29) is 26.7 Å². The number of halogens is 3. The molecule has 5 nitrogen and oxygen atoms in total. The minimum Gasteiger partial charge on any atom is -0.322 e. The predicted octanol–water partition coefficient (Wildman–Crippen LogP) is 5.13. The number of benzene rings is 2. The third-order valence-electron chi connectivity index (χ3n) is 3.96. The van der Waals surface area contributed by atoms with E-state index in [1.165, 1.54) is 49.4 Å². The van der Waals surface area contributed by atoms with Crippen LogP contribution in [0.4, 0.5) is 24.5 Å². The summed E-state index contributed by atoms with van der Waals surface area (Å²) in [6.45, 7) is 1.34. The van der Waals surface area contributed by atoms with Crippen molar-refractivity contribution >= 4 is 38.6 Å². The maximum atomic E-state index is 13.0. The van der Waals surface area contributed by atoms with Gasteiger partial charge in [-0.1, -0.05) is 12.1 Å². The molecule has 2 aromatic carbocycles. The van der Waals surface area contributed by atoms with Crippen LogP contribution in [0.3, 0.4) is 0 Å². The molecule has 0 atom stereocenters. The van der Waals surface area contributed by atoms with Gasteiger partial charge in [0, 0.05) is 16.9 Å². The van der Waals surface area contributed by atoms with Crippen molar-refractivity contribution in [2.45, 2.75) is 17.3 Å². The van der Waals surface area contributed by atoms with Gasteiger partial charge in [0.15, 0.2) is 0 Å². The van der Waals surface area contributed by atoms with Crippen molar-refractivity contribution in [2.75, 3.05) is 10.0 Å². The summed E-state index contributed by atoms with van der Waals surface area (Å²) in [7, 11) is -3.71. The van der Waals surface area contributed by atoms with E-state index in [2.05, 4.69) is 10.0 Å². The molecule has 0 aliphatic rings. The quantitative estimate of drug-likeness (QED) is 0.578. The maximum absolute atomic E-state index is 13.0. The van der Waals surface area contributed by atoms with Gasteiger partial charge in [0.1, 0.15) is 4.21 Å². The molecule has 1 aromatic heterocycles. The first kappa shape index (κ1) is 20.9. The van der Waals surface area contributed by atoms with E-state index in [1.807, 2.05) is 0 Å². The lowest BCUT2D eigenvalue weighted by atomic mass is 10.1. The normalized spacial score (nSPS) is 11.9. The van der Waals surface area contributed by atoms with Crippen LogP contribution in [-0.4, -0.2) is 14.3 Å². The molecule has 10 heteroatoms. The third kappa shape index (κ3) is 4.96. The Morgan fingerprint density at radius 2 is 1.66 bits per heavy atom. The largest absolute Gasteiger partial charge is 0.416 e. The minimum absolute atomic E-state index is 0.00963. The van der Waals surface area contributed by atoms with Crippen molar-refractivity contribution in [2.24, 2.45) is 0 Å². The van der Waals surface area contributed by atoms with Gasteiger partial charge in [-0.3, -0.25) is 9.52 Å². The first-order valence-electron chi connectivity index (χ1n) is 8.22. The van der Waals surface area contributed by atoms with E-state index in [1.54, 1.807) is 11.4 Å². The SMILES string of the molecule is Cc1ccc(NC(=O)c2ccc(NS(=O)(=O)c3cccs3)cc2)cc1C(F)(F)F. The van der Waals surface area contributed by atoms with Crippen LogP contribution in [0.1, 0.15) is 21.5 Å². The molecule has 0 radical (unpaired) electrons. The number of sulfonamides is 1. The Hall–Kier alpha value is -2.85. The minimum atomic E-state index is -4.52. The number of rotatable bonds is 5. The van der Waals surface area contributed by atoms with Crippen molar-refractivity contribution in [3.63, 3.8) is 0 Å². The van der Waals surface area contributed by atoms with Crippen LogP contribution in [0.2, 0.25) is 0 Å². The average Bonchev–Trinajstić information content (AvgIpc) is 3.18. The monoisotopic (exact) mass is 440 g/mol. The van der Waals surface area contributed by atoms with Crippen molar-refractivity contribution in [3.05, 3.63) is 76.7 Å². The highest BCUT2D eigenvalue weighted by atomic mass is 32.2. The van der Waals surface area contributed by atoms with Gasteiger partial charge in [0.2, 0.25) is 0 Å². The molecule has 152 valence electrons. The summed E-state index contributed by atoms with van der Waals surface area (Å²) in [5, 5.41) is 4.05. The zero-order valence-corrected chi connectivity index (χ0v) is 16.6. The maximum Gasteiger partial charge on any atom is 0.416 e. The molecule has 3 rings (SSSR count). The van der Waals surface area contributed by atoms with E-state index < -0.39 is 27.7 Å². The number of thiophene rings is 1. The van der Waals surface area contributed by atoms with Crippen LogP contribution in [0.15, 0.2) is 64.2 Å². The Bertz CT molecular complexity index is 1120. The van der Waals surface area contributed by atoms with Gasteiger partial charge in [0.05, 0.1) is 5.56 Å². The molecule has 0 spiro atoms. The molecule has 3 aromatic rings. The smallest absolute Gasteiger partial charge is 0.322 e. The van der Waals surface area contributed by atoms with Crippen LogP contribution in [0.5, 0.6) is 0 Å². The van der Waals surface area contributed by atoms with Gasteiger partial charge >= 0.3 is 6.18 Å². The summed E-state index contributed by atoms with van der Waals surface area (Å²) in [6.07, 6.45) is -4.52. The van der Waals surface area contributed by atoms with Crippen LogP contribution >= 0.6 is 11.3 Å². The number of alkyl halides is 3. The molecule has 1 amide bonds. The summed E-state index contributed by atoms with van der Waals surface area (Å²) in [6, 6.07) is 12.2. The van der Waals surface area contributed by atoms with Crippen LogP contribution in [0.25, 0.3) is 0 Å². The summed E-state index contributed by atoms with van der Waals surface area (Å²) in [4.78, 5) is 12.3. The zero-order chi connectivity index (χ0) is 21.2. The number of amides is 1. The van der Waals surface area contributed by atoms with Gasteiger partial charge in [0.25, 0.3) is 15.9 Å². The Balaban J connectivity index is 1.73. The first-order valence-corrected chi connectivity index (χ1v) is 10.6. The van der Waals surface area contributed by atoms with Gasteiger partial charge in [-0.25, -0.2) is 8.42 Å². The summed E-state index contributed by atoms with van der Waals surface area (Å²) in [5.41, 5.74) is -0.343. The Kier molecular flexibility index (Phi) is 5.67. The van der Waals surface area contributed by atoms with Gasteiger partial charge in [-0.15, -0.1) is 11.3 Å². The van der Waals surface area contributed by atoms with E-state index in [0.29, 0.717) is 0 Å². The highest BCUT2D eigenvalue weighted by Gasteiger charge is 2.32. The average molecular weight is 440 g/mol. The fourth-order valence-electron chi connectivity index (χ4n) is 2.52. The number of hydrogen-bond acceptors (Lipinski definition) is 4. The van der Waals surface area contributed by atoms with Crippen LogP contribution in [0, 0.1) is 6.92 Å². The van der Waals surface area contributed by atoms with Crippen LogP contribution < -0.4 is 10.0 Å². The molecular weight excluding hydrogens is 425 g/mol. The number of anilines is 2. The molecule has 0 aliphatic heterocycles. The summed E-state index contributed by atoms with van der Waals surface area (Å²) in [5.74, 6) is -0.616. The Morgan fingerprint density at radius 3 is 2.24 bits per heavy atom. The molecule has 0 aliphatic carbocycles. The number of nitrogens with one attached hydrogen (secondary N) is 2. The van der Waals surface area contributed by atoms with Crippen molar-refractivity contribution < 1.29 is 26.4 Å². The second-order valence-electron chi connectivity index (χ2n) is 6.10. The molecule has 29 heavy (non-hydrogen) atoms. The summed E-state index contributed by atoms with van der Waals surface area (Å²) < 4.78 is 65.9. The van der Waals surface area contributed by atoms with Gasteiger partial charge in [-0.2, -0.15) is 13.2 Å². The number of carbonyl (C=O) groups excluding carboxylic acids is 1. The van der Waals surface area contributed by atoms with Gasteiger partial charge in [-0.05, 0) is 60.3 Å². The Labute approximate surface area is 169 Å². The lowest BCUT2D eigenvalue weighted by Gasteiger charge is -2.13. The predicted molar refractivity (Wildman–Crippen MR) is 106 cm³/mol. The fourth-order valence-corrected chi connectivity index (χ4v) is 4.57. The molecule has 0 fully saturated rings. The molecule has 2 N–H and O–H groups in total. The molecule has 0 bridgehead atoms. The van der Waals surface area contributed by atoms with E-state index in [9.17, 15) is 26.4 Å². The van der Waals surface area contributed by atoms with Gasteiger partial charge < -0.3 is 5.32 Å². The second-order valence-corrected chi connectivity index (χ2v) is 8.95. The number of carbonyl (C=O) groups is 1.